The molecule has 0 unspecified atom stereocenters. The highest BCUT2D eigenvalue weighted by atomic mass is 16.5. The van der Waals surface area contributed by atoms with Crippen molar-refractivity contribution in [2.24, 2.45) is 0 Å². The number of hydrogen-bond donors (Lipinski definition) is 2. The van der Waals surface area contributed by atoms with Crippen molar-refractivity contribution in [2.45, 2.75) is 25.2 Å². The highest BCUT2D eigenvalue weighted by Gasteiger charge is 2.32. The van der Waals surface area contributed by atoms with E-state index in [1.807, 2.05) is 54.6 Å². The van der Waals surface area contributed by atoms with Gasteiger partial charge in [-0.15, -0.1) is 0 Å². The number of benzene rings is 2. The van der Waals surface area contributed by atoms with Gasteiger partial charge in [0.25, 0.3) is 5.91 Å². The molecule has 0 radical (unpaired) electrons. The molecule has 1 amide bonds. The van der Waals surface area contributed by atoms with Gasteiger partial charge in [-0.3, -0.25) is 4.79 Å². The van der Waals surface area contributed by atoms with Gasteiger partial charge >= 0.3 is 0 Å². The second-order valence-corrected chi connectivity index (χ2v) is 5.78. The molecule has 0 spiro atoms. The molecule has 126 valence electrons. The number of methoxy groups -OCH3 is 1. The summed E-state index contributed by atoms with van der Waals surface area (Å²) in [5, 5.41) is 6.29. The Bertz CT molecular complexity index is 658. The zero-order valence-corrected chi connectivity index (χ0v) is 13.7. The fourth-order valence-corrected chi connectivity index (χ4v) is 2.79. The summed E-state index contributed by atoms with van der Waals surface area (Å²) in [6.45, 7) is 1.07. The molecule has 0 bridgehead atoms. The van der Waals surface area contributed by atoms with Gasteiger partial charge < -0.3 is 20.1 Å². The number of carbonyl (C=O) groups excluding carboxylic acids is 1. The first kappa shape index (κ1) is 16.3. The van der Waals surface area contributed by atoms with Crippen LogP contribution in [-0.4, -0.2) is 31.7 Å². The molecule has 1 aliphatic rings. The van der Waals surface area contributed by atoms with Crippen molar-refractivity contribution in [2.75, 3.05) is 19.0 Å². The van der Waals surface area contributed by atoms with E-state index < -0.39 is 6.10 Å². The van der Waals surface area contributed by atoms with Crippen LogP contribution < -0.4 is 15.4 Å². The van der Waals surface area contributed by atoms with Crippen molar-refractivity contribution in [1.82, 2.24) is 5.32 Å². The molecule has 1 saturated heterocycles. The summed E-state index contributed by atoms with van der Waals surface area (Å²) < 4.78 is 11.1. The Hall–Kier alpha value is -2.53. The molecule has 3 rings (SSSR count). The summed E-state index contributed by atoms with van der Waals surface area (Å²) in [5.74, 6) is 0.738. The van der Waals surface area contributed by atoms with Crippen LogP contribution in [0.25, 0.3) is 0 Å². The molecule has 0 saturated carbocycles. The van der Waals surface area contributed by atoms with Gasteiger partial charge in [-0.05, 0) is 36.2 Å². The standard InChI is InChI=1S/C19H22N2O3/c1-23-16-9-7-15(8-10-16)21-17-11-12-20-19(22)18(17)24-13-14-5-3-2-4-6-14/h2-10,17-18,21H,11-13H2,1H3,(H,20,22)/t17-,18+/m0/s1. The van der Waals surface area contributed by atoms with Gasteiger partial charge in [0.1, 0.15) is 5.75 Å². The summed E-state index contributed by atoms with van der Waals surface area (Å²) in [7, 11) is 1.64. The number of hydrogen-bond acceptors (Lipinski definition) is 4. The Morgan fingerprint density at radius 3 is 2.58 bits per heavy atom. The average molecular weight is 326 g/mol. The van der Waals surface area contributed by atoms with Crippen LogP contribution in [0, 0.1) is 0 Å². The molecule has 0 aromatic heterocycles. The Morgan fingerprint density at radius 2 is 1.88 bits per heavy atom. The first-order valence-corrected chi connectivity index (χ1v) is 8.10. The topological polar surface area (TPSA) is 59.6 Å². The number of ether oxygens (including phenoxy) is 2. The monoisotopic (exact) mass is 326 g/mol. The van der Waals surface area contributed by atoms with Crippen LogP contribution in [0.2, 0.25) is 0 Å². The maximum absolute atomic E-state index is 12.2. The van der Waals surface area contributed by atoms with E-state index in [0.29, 0.717) is 13.2 Å². The minimum absolute atomic E-state index is 0.0594. The molecule has 24 heavy (non-hydrogen) atoms. The number of piperidine rings is 1. The van der Waals surface area contributed by atoms with Crippen LogP contribution >= 0.6 is 0 Å². The van der Waals surface area contributed by atoms with Gasteiger partial charge in [-0.25, -0.2) is 0 Å². The van der Waals surface area contributed by atoms with E-state index in [2.05, 4.69) is 10.6 Å². The lowest BCUT2D eigenvalue weighted by Crippen LogP contribution is -2.53. The van der Waals surface area contributed by atoms with E-state index in [1.165, 1.54) is 0 Å². The van der Waals surface area contributed by atoms with E-state index >= 15 is 0 Å². The summed E-state index contributed by atoms with van der Waals surface area (Å²) in [6, 6.07) is 17.5. The quantitative estimate of drug-likeness (QED) is 0.856. The van der Waals surface area contributed by atoms with E-state index in [4.69, 9.17) is 9.47 Å². The smallest absolute Gasteiger partial charge is 0.251 e. The second-order valence-electron chi connectivity index (χ2n) is 5.78. The summed E-state index contributed by atoms with van der Waals surface area (Å²) in [5.41, 5.74) is 2.00. The molecular weight excluding hydrogens is 304 g/mol. The lowest BCUT2D eigenvalue weighted by Gasteiger charge is -2.32. The number of nitrogens with one attached hydrogen (secondary N) is 2. The third kappa shape index (κ3) is 4.06. The Labute approximate surface area is 142 Å². The third-order valence-electron chi connectivity index (χ3n) is 4.09. The van der Waals surface area contributed by atoms with Crippen molar-refractivity contribution < 1.29 is 14.3 Å². The van der Waals surface area contributed by atoms with Crippen LogP contribution in [0.5, 0.6) is 5.75 Å². The minimum atomic E-state index is -0.513. The van der Waals surface area contributed by atoms with E-state index in [1.54, 1.807) is 7.11 Å². The van der Waals surface area contributed by atoms with Gasteiger partial charge in [0.2, 0.25) is 0 Å². The molecule has 2 N–H and O–H groups in total. The fraction of sp³-hybridized carbons (Fsp3) is 0.316. The number of amides is 1. The first-order chi connectivity index (χ1) is 11.8. The van der Waals surface area contributed by atoms with E-state index in [-0.39, 0.29) is 11.9 Å². The summed E-state index contributed by atoms with van der Waals surface area (Å²) in [4.78, 5) is 12.2. The molecule has 5 heteroatoms. The zero-order valence-electron chi connectivity index (χ0n) is 13.7. The van der Waals surface area contributed by atoms with Crippen molar-refractivity contribution in [1.29, 1.82) is 0 Å². The molecular formula is C19H22N2O3. The SMILES string of the molecule is COc1ccc(N[C@H]2CCNC(=O)[C@@H]2OCc2ccccc2)cc1. The van der Waals surface area contributed by atoms with Gasteiger partial charge in [0.05, 0.1) is 19.8 Å². The van der Waals surface area contributed by atoms with Crippen LogP contribution in [0.1, 0.15) is 12.0 Å². The number of carbonyl (C=O) groups is 1. The van der Waals surface area contributed by atoms with E-state index in [0.717, 1.165) is 23.4 Å². The fourth-order valence-electron chi connectivity index (χ4n) is 2.79. The predicted octanol–water partition coefficient (Wildman–Crippen LogP) is 2.58. The molecule has 2 aromatic carbocycles. The molecule has 1 heterocycles. The molecule has 2 aromatic rings. The van der Waals surface area contributed by atoms with Crippen molar-refractivity contribution in [3.63, 3.8) is 0 Å². The molecule has 2 atom stereocenters. The number of anilines is 1. The lowest BCUT2D eigenvalue weighted by molar-refractivity contribution is -0.137. The van der Waals surface area contributed by atoms with Crippen LogP contribution in [0.4, 0.5) is 5.69 Å². The highest BCUT2D eigenvalue weighted by Crippen LogP contribution is 2.20. The maximum atomic E-state index is 12.2. The van der Waals surface area contributed by atoms with Crippen LogP contribution in [-0.2, 0) is 16.1 Å². The van der Waals surface area contributed by atoms with Gasteiger partial charge in [0.15, 0.2) is 6.10 Å². The first-order valence-electron chi connectivity index (χ1n) is 8.10. The van der Waals surface area contributed by atoms with E-state index in [9.17, 15) is 4.79 Å². The van der Waals surface area contributed by atoms with Crippen molar-refractivity contribution >= 4 is 11.6 Å². The summed E-state index contributed by atoms with van der Waals surface area (Å²) in [6.07, 6.45) is 0.304. The van der Waals surface area contributed by atoms with Crippen LogP contribution in [0.3, 0.4) is 0 Å². The molecule has 1 fully saturated rings. The maximum Gasteiger partial charge on any atom is 0.251 e. The molecule has 1 aliphatic heterocycles. The average Bonchev–Trinajstić information content (AvgIpc) is 2.63. The molecule has 0 aliphatic carbocycles. The van der Waals surface area contributed by atoms with Gasteiger partial charge in [-0.2, -0.15) is 0 Å². The Kier molecular flexibility index (Phi) is 5.33. The predicted molar refractivity (Wildman–Crippen MR) is 93.1 cm³/mol. The third-order valence-corrected chi connectivity index (χ3v) is 4.09. The highest BCUT2D eigenvalue weighted by molar-refractivity contribution is 5.83. The normalized spacial score (nSPS) is 20.3. The van der Waals surface area contributed by atoms with Gasteiger partial charge in [-0.1, -0.05) is 30.3 Å². The minimum Gasteiger partial charge on any atom is -0.497 e. The van der Waals surface area contributed by atoms with Crippen LogP contribution in [0.15, 0.2) is 54.6 Å². The molecule has 5 nitrogen and oxygen atoms in total. The zero-order chi connectivity index (χ0) is 16.8. The van der Waals surface area contributed by atoms with Crippen molar-refractivity contribution in [3.8, 4) is 5.75 Å². The Balaban J connectivity index is 1.65. The lowest BCUT2D eigenvalue weighted by atomic mass is 10.0. The number of rotatable bonds is 6. The second kappa shape index (κ2) is 7.84. The van der Waals surface area contributed by atoms with Gasteiger partial charge in [0, 0.05) is 12.2 Å². The summed E-state index contributed by atoms with van der Waals surface area (Å²) >= 11 is 0. The van der Waals surface area contributed by atoms with Crippen molar-refractivity contribution in [3.05, 3.63) is 60.2 Å². The Morgan fingerprint density at radius 1 is 1.12 bits per heavy atom. The largest absolute Gasteiger partial charge is 0.497 e.